The van der Waals surface area contributed by atoms with E-state index in [0.29, 0.717) is 24.8 Å². The zero-order chi connectivity index (χ0) is 18.6. The molecule has 1 saturated heterocycles. The predicted molar refractivity (Wildman–Crippen MR) is 106 cm³/mol. The van der Waals surface area contributed by atoms with Crippen LogP contribution in [0.3, 0.4) is 0 Å². The highest BCUT2D eigenvalue weighted by Crippen LogP contribution is 2.66. The number of rotatable bonds is 6. The minimum atomic E-state index is -3.27. The molecular weight excluding hydrogens is 347 g/mol. The third kappa shape index (κ3) is 3.40. The second kappa shape index (κ2) is 7.79. The van der Waals surface area contributed by atoms with Crippen LogP contribution in [0.4, 0.5) is 11.4 Å². The van der Waals surface area contributed by atoms with E-state index in [9.17, 15) is 14.5 Å². The van der Waals surface area contributed by atoms with Gasteiger partial charge in [0.2, 0.25) is 0 Å². The third-order valence-electron chi connectivity index (χ3n) is 4.43. The summed E-state index contributed by atoms with van der Waals surface area (Å²) in [5.74, 6) is -0.965. The maximum absolute atomic E-state index is 14.4. The van der Waals surface area contributed by atoms with E-state index >= 15 is 0 Å². The van der Waals surface area contributed by atoms with Crippen LogP contribution in [-0.2, 0) is 9.36 Å². The van der Waals surface area contributed by atoms with Crippen molar-refractivity contribution in [2.45, 2.75) is 19.8 Å². The van der Waals surface area contributed by atoms with Gasteiger partial charge in [-0.3, -0.25) is 9.36 Å². The number of nitrogens with zero attached hydrogens (tertiary/aromatic N) is 2. The number of carboxylic acid groups (broad SMARTS) is 1. The monoisotopic (exact) mass is 370 g/mol. The molecule has 6 heteroatoms. The molecule has 1 heterocycles. The van der Waals surface area contributed by atoms with Crippen LogP contribution in [0.15, 0.2) is 72.1 Å². The Kier molecular flexibility index (Phi) is 5.48. The van der Waals surface area contributed by atoms with Crippen LogP contribution >= 0.6 is 7.44 Å². The van der Waals surface area contributed by atoms with E-state index in [-0.39, 0.29) is 6.42 Å². The van der Waals surface area contributed by atoms with Crippen molar-refractivity contribution in [1.29, 1.82) is 0 Å². The van der Waals surface area contributed by atoms with Crippen molar-refractivity contribution in [2.24, 2.45) is 0 Å². The van der Waals surface area contributed by atoms with Crippen LogP contribution in [0.2, 0.25) is 0 Å². The summed E-state index contributed by atoms with van der Waals surface area (Å²) < 4.78 is 18.2. The topological polar surface area (TPSA) is 60.9 Å². The van der Waals surface area contributed by atoms with E-state index in [4.69, 9.17) is 0 Å². The first-order chi connectivity index (χ1) is 12.6. The lowest BCUT2D eigenvalue weighted by atomic mass is 10.3. The number of anilines is 2. The van der Waals surface area contributed by atoms with Gasteiger partial charge in [-0.2, -0.15) is 0 Å². The molecule has 1 N–H and O–H groups in total. The Labute approximate surface area is 154 Å². The van der Waals surface area contributed by atoms with Crippen molar-refractivity contribution in [2.75, 3.05) is 22.4 Å². The Morgan fingerprint density at radius 3 is 1.85 bits per heavy atom. The lowest BCUT2D eigenvalue weighted by Crippen LogP contribution is -2.21. The Balaban J connectivity index is 2.14. The van der Waals surface area contributed by atoms with Crippen molar-refractivity contribution in [3.63, 3.8) is 0 Å². The van der Waals surface area contributed by atoms with Gasteiger partial charge >= 0.3 is 5.97 Å². The number of para-hydroxylation sites is 2. The molecular formula is C20H23N2O3P. The van der Waals surface area contributed by atoms with Crippen LogP contribution in [0, 0.1) is 0 Å². The van der Waals surface area contributed by atoms with Crippen molar-refractivity contribution >= 4 is 24.8 Å². The van der Waals surface area contributed by atoms with Gasteiger partial charge in [0.15, 0.2) is 0 Å². The number of aliphatic carboxylic acids is 1. The first-order valence-corrected chi connectivity index (χ1v) is 10.4. The summed E-state index contributed by atoms with van der Waals surface area (Å²) >= 11 is 0. The van der Waals surface area contributed by atoms with Gasteiger partial charge in [-0.15, -0.1) is 0 Å². The van der Waals surface area contributed by atoms with Gasteiger partial charge < -0.3 is 14.4 Å². The van der Waals surface area contributed by atoms with E-state index in [1.165, 1.54) is 0 Å². The average Bonchev–Trinajstić information content (AvgIpc) is 3.01. The van der Waals surface area contributed by atoms with E-state index in [1.807, 2.05) is 83.0 Å². The zero-order valence-corrected chi connectivity index (χ0v) is 15.7. The predicted octanol–water partition coefficient (Wildman–Crippen LogP) is 4.97. The SMILES string of the molecule is CC/C=C(/CC(=O)O)P1(=O)N(c2ccccc2)CCN1c1ccccc1. The van der Waals surface area contributed by atoms with Crippen LogP contribution in [-0.4, -0.2) is 24.2 Å². The molecule has 136 valence electrons. The maximum atomic E-state index is 14.4. The fraction of sp³-hybridized carbons (Fsp3) is 0.250. The number of allylic oxidation sites excluding steroid dienone is 1. The summed E-state index contributed by atoms with van der Waals surface area (Å²) in [4.78, 5) is 11.5. The normalized spacial score (nSPS) is 16.7. The summed E-state index contributed by atoms with van der Waals surface area (Å²) in [6, 6.07) is 19.2. The molecule has 2 aromatic rings. The summed E-state index contributed by atoms with van der Waals surface area (Å²) in [7, 11) is -3.27. The van der Waals surface area contributed by atoms with Crippen molar-refractivity contribution in [3.05, 3.63) is 72.1 Å². The van der Waals surface area contributed by atoms with Gasteiger partial charge in [-0.25, -0.2) is 0 Å². The molecule has 2 aromatic carbocycles. The number of benzene rings is 2. The summed E-state index contributed by atoms with van der Waals surface area (Å²) in [6.07, 6.45) is 2.22. The Morgan fingerprint density at radius 1 is 1.00 bits per heavy atom. The molecule has 0 unspecified atom stereocenters. The van der Waals surface area contributed by atoms with Gasteiger partial charge in [0, 0.05) is 29.8 Å². The standard InChI is InChI=1S/C20H23N2O3P/c1-2-9-19(16-20(23)24)26(25)21(17-10-5-3-6-11-17)14-15-22(26)18-12-7-4-8-13-18/h3-13H,2,14-16H2,1H3,(H,23,24)/b19-9-. The molecule has 0 saturated carbocycles. The number of carbonyl (C=O) groups is 1. The molecule has 1 aliphatic rings. The highest BCUT2D eigenvalue weighted by atomic mass is 31.2. The second-order valence-electron chi connectivity index (χ2n) is 6.14. The van der Waals surface area contributed by atoms with Crippen LogP contribution < -0.4 is 9.34 Å². The first-order valence-electron chi connectivity index (χ1n) is 8.75. The maximum Gasteiger partial charge on any atom is 0.308 e. The molecule has 0 aromatic heterocycles. The Morgan fingerprint density at radius 2 is 1.46 bits per heavy atom. The molecule has 1 fully saturated rings. The molecule has 0 radical (unpaired) electrons. The first kappa shape index (κ1) is 18.3. The van der Waals surface area contributed by atoms with Gasteiger partial charge in [0.1, 0.15) is 0 Å². The number of hydrogen-bond donors (Lipinski definition) is 1. The summed E-state index contributed by atoms with van der Waals surface area (Å²) in [5.41, 5.74) is 1.70. The summed E-state index contributed by atoms with van der Waals surface area (Å²) in [5, 5.41) is 9.88. The van der Waals surface area contributed by atoms with E-state index in [0.717, 1.165) is 11.4 Å². The Bertz CT molecular complexity index is 785. The zero-order valence-electron chi connectivity index (χ0n) is 14.8. The highest BCUT2D eigenvalue weighted by Gasteiger charge is 2.46. The molecule has 0 amide bonds. The average molecular weight is 370 g/mol. The molecule has 0 spiro atoms. The third-order valence-corrected chi connectivity index (χ3v) is 7.69. The largest absolute Gasteiger partial charge is 0.481 e. The van der Waals surface area contributed by atoms with Crippen molar-refractivity contribution in [3.8, 4) is 0 Å². The fourth-order valence-electron chi connectivity index (χ4n) is 3.36. The number of carboxylic acids is 1. The quantitative estimate of drug-likeness (QED) is 0.727. The minimum Gasteiger partial charge on any atom is -0.481 e. The highest BCUT2D eigenvalue weighted by molar-refractivity contribution is 7.71. The van der Waals surface area contributed by atoms with Gasteiger partial charge in [0.05, 0.1) is 6.42 Å². The molecule has 1 aliphatic heterocycles. The molecule has 3 rings (SSSR count). The van der Waals surface area contributed by atoms with Crippen molar-refractivity contribution < 1.29 is 14.5 Å². The van der Waals surface area contributed by atoms with E-state index in [2.05, 4.69) is 0 Å². The molecule has 0 bridgehead atoms. The van der Waals surface area contributed by atoms with E-state index < -0.39 is 13.4 Å². The van der Waals surface area contributed by atoms with Crippen molar-refractivity contribution in [1.82, 2.24) is 0 Å². The minimum absolute atomic E-state index is 0.224. The smallest absolute Gasteiger partial charge is 0.308 e. The van der Waals surface area contributed by atoms with E-state index in [1.54, 1.807) is 0 Å². The fourth-order valence-corrected chi connectivity index (χ4v) is 6.61. The Hall–Kier alpha value is -2.52. The van der Waals surface area contributed by atoms with Crippen LogP contribution in [0.25, 0.3) is 0 Å². The molecule has 0 aliphatic carbocycles. The number of hydrogen-bond acceptors (Lipinski definition) is 2. The van der Waals surface area contributed by atoms with Crippen LogP contribution in [0.1, 0.15) is 19.8 Å². The molecule has 0 atom stereocenters. The molecule has 26 heavy (non-hydrogen) atoms. The lowest BCUT2D eigenvalue weighted by Gasteiger charge is -2.34. The lowest BCUT2D eigenvalue weighted by molar-refractivity contribution is -0.136. The van der Waals surface area contributed by atoms with Gasteiger partial charge in [0.25, 0.3) is 7.44 Å². The second-order valence-corrected chi connectivity index (χ2v) is 8.76. The summed E-state index contributed by atoms with van der Waals surface area (Å²) in [6.45, 7) is 3.09. The van der Waals surface area contributed by atoms with Gasteiger partial charge in [-0.1, -0.05) is 49.4 Å². The van der Waals surface area contributed by atoms with Gasteiger partial charge in [-0.05, 0) is 30.7 Å². The van der Waals surface area contributed by atoms with Crippen LogP contribution in [0.5, 0.6) is 0 Å². The molecule has 5 nitrogen and oxygen atoms in total.